The lowest BCUT2D eigenvalue weighted by Crippen LogP contribution is -2.25. The molecule has 1 heterocycles. The molecule has 1 amide bonds. The van der Waals surface area contributed by atoms with Crippen LogP contribution in [0.1, 0.15) is 49.8 Å². The summed E-state index contributed by atoms with van der Waals surface area (Å²) in [5, 5.41) is 0. The minimum atomic E-state index is -4.51. The predicted molar refractivity (Wildman–Crippen MR) is 134 cm³/mol. The molecule has 1 saturated heterocycles. The fourth-order valence-electron chi connectivity index (χ4n) is 4.46. The Balaban J connectivity index is 1.71. The highest BCUT2D eigenvalue weighted by atomic mass is 19.4. The highest BCUT2D eigenvalue weighted by molar-refractivity contribution is 5.76. The molecule has 2 aromatic carbocycles. The summed E-state index contributed by atoms with van der Waals surface area (Å²) in [7, 11) is 1.53. The first kappa shape index (κ1) is 25.6. The lowest BCUT2D eigenvalue weighted by atomic mass is 9.92. The molecule has 0 saturated carbocycles. The van der Waals surface area contributed by atoms with Gasteiger partial charge >= 0.3 is 12.3 Å². The van der Waals surface area contributed by atoms with Crippen LogP contribution in [-0.2, 0) is 17.5 Å². The van der Waals surface area contributed by atoms with E-state index in [-0.39, 0.29) is 19.0 Å². The maximum absolute atomic E-state index is 13.6. The van der Waals surface area contributed by atoms with Crippen molar-refractivity contribution in [1.29, 1.82) is 0 Å². The molecule has 1 fully saturated rings. The van der Waals surface area contributed by atoms with Gasteiger partial charge in [-0.15, -0.1) is 0 Å². The standard InChI is InChI=1S/C29H30F3NO3/c1-18(2)21-10-13-26(35-4)25(15-21)24-12-11-23(29(30,31)32)14-22(24)16-33-17-27(36-28(33)34)20-7-5-6-19(3)8-9-20/h6-15,18,27H,5,16-17H2,1-4H3. The third-order valence-electron chi connectivity index (χ3n) is 6.57. The zero-order valence-corrected chi connectivity index (χ0v) is 20.9. The Kier molecular flexibility index (Phi) is 7.29. The second kappa shape index (κ2) is 10.2. The van der Waals surface area contributed by atoms with Gasteiger partial charge in [0.1, 0.15) is 11.9 Å². The SMILES string of the molecule is COc1ccc(C(C)C)cc1-c1ccc(C(F)(F)F)cc1CN1CC(C2=CCC=C(C)C=C2)OC1=O. The van der Waals surface area contributed by atoms with Crippen LogP contribution in [0.25, 0.3) is 11.1 Å². The van der Waals surface area contributed by atoms with E-state index in [9.17, 15) is 18.0 Å². The molecule has 36 heavy (non-hydrogen) atoms. The van der Waals surface area contributed by atoms with Crippen molar-refractivity contribution in [3.05, 3.63) is 88.5 Å². The van der Waals surface area contributed by atoms with E-state index < -0.39 is 23.9 Å². The molecule has 0 radical (unpaired) electrons. The molecule has 1 aliphatic carbocycles. The summed E-state index contributed by atoms with van der Waals surface area (Å²) in [5.74, 6) is 0.778. The molecule has 0 spiro atoms. The van der Waals surface area contributed by atoms with Gasteiger partial charge in [-0.25, -0.2) is 4.79 Å². The van der Waals surface area contributed by atoms with E-state index in [2.05, 4.69) is 6.08 Å². The quantitative estimate of drug-likeness (QED) is 0.411. The minimum Gasteiger partial charge on any atom is -0.496 e. The number of rotatable bonds is 6. The molecule has 4 nitrogen and oxygen atoms in total. The Morgan fingerprint density at radius 1 is 1.08 bits per heavy atom. The van der Waals surface area contributed by atoms with Gasteiger partial charge in [-0.2, -0.15) is 13.2 Å². The number of nitrogens with zero attached hydrogens (tertiary/aromatic N) is 1. The summed E-state index contributed by atoms with van der Waals surface area (Å²) in [6.07, 6.45) is 3.18. The summed E-state index contributed by atoms with van der Waals surface area (Å²) < 4.78 is 52.1. The number of allylic oxidation sites excluding steroid dienone is 4. The summed E-state index contributed by atoms with van der Waals surface area (Å²) >= 11 is 0. The van der Waals surface area contributed by atoms with Crippen LogP contribution in [0.15, 0.2) is 71.8 Å². The summed E-state index contributed by atoms with van der Waals surface area (Å²) in [5.41, 5.74) is 3.93. The molecule has 0 bridgehead atoms. The van der Waals surface area contributed by atoms with Gasteiger partial charge < -0.3 is 9.47 Å². The first-order valence-corrected chi connectivity index (χ1v) is 12.0. The summed E-state index contributed by atoms with van der Waals surface area (Å²) in [6.45, 7) is 6.34. The molecule has 7 heteroatoms. The Bertz CT molecular complexity index is 1240. The molecule has 4 rings (SSSR count). The smallest absolute Gasteiger partial charge is 0.416 e. The van der Waals surface area contributed by atoms with Crippen LogP contribution in [0, 0.1) is 0 Å². The van der Waals surface area contributed by atoms with E-state index in [1.807, 2.05) is 57.2 Å². The Morgan fingerprint density at radius 2 is 1.86 bits per heavy atom. The number of carbonyl (C=O) groups is 1. The van der Waals surface area contributed by atoms with Gasteiger partial charge in [0.15, 0.2) is 0 Å². The molecule has 190 valence electrons. The molecular formula is C29H30F3NO3. The Hall–Kier alpha value is -3.48. The lowest BCUT2D eigenvalue weighted by Gasteiger charge is -2.20. The number of cyclic esters (lactones) is 1. The van der Waals surface area contributed by atoms with E-state index in [1.54, 1.807) is 0 Å². The van der Waals surface area contributed by atoms with E-state index in [4.69, 9.17) is 9.47 Å². The first-order valence-electron chi connectivity index (χ1n) is 12.0. The van der Waals surface area contributed by atoms with Crippen molar-refractivity contribution in [2.45, 2.75) is 51.9 Å². The van der Waals surface area contributed by atoms with E-state index in [0.29, 0.717) is 22.4 Å². The van der Waals surface area contributed by atoms with E-state index in [1.165, 1.54) is 18.1 Å². The lowest BCUT2D eigenvalue weighted by molar-refractivity contribution is -0.137. The molecule has 1 atom stereocenters. The normalized spacial score (nSPS) is 18.2. The van der Waals surface area contributed by atoms with Crippen molar-refractivity contribution >= 4 is 6.09 Å². The maximum Gasteiger partial charge on any atom is 0.416 e. The second-order valence-electron chi connectivity index (χ2n) is 9.46. The Labute approximate surface area is 209 Å². The highest BCUT2D eigenvalue weighted by Gasteiger charge is 2.35. The number of methoxy groups -OCH3 is 1. The fourth-order valence-corrected chi connectivity index (χ4v) is 4.46. The van der Waals surface area contributed by atoms with E-state index >= 15 is 0 Å². The molecule has 0 aromatic heterocycles. The number of ether oxygens (including phenoxy) is 2. The zero-order chi connectivity index (χ0) is 26.0. The number of hydrogen-bond acceptors (Lipinski definition) is 3. The van der Waals surface area contributed by atoms with Crippen LogP contribution in [0.4, 0.5) is 18.0 Å². The maximum atomic E-state index is 13.6. The molecular weight excluding hydrogens is 467 g/mol. The second-order valence-corrected chi connectivity index (χ2v) is 9.46. The van der Waals surface area contributed by atoms with E-state index in [0.717, 1.165) is 35.3 Å². The number of amides is 1. The van der Waals surface area contributed by atoms with Crippen molar-refractivity contribution in [3.8, 4) is 16.9 Å². The van der Waals surface area contributed by atoms with Crippen molar-refractivity contribution in [2.24, 2.45) is 0 Å². The largest absolute Gasteiger partial charge is 0.496 e. The monoisotopic (exact) mass is 497 g/mol. The van der Waals surface area contributed by atoms with Gasteiger partial charge in [0.05, 0.1) is 19.2 Å². The van der Waals surface area contributed by atoms with Crippen LogP contribution in [0.3, 0.4) is 0 Å². The van der Waals surface area contributed by atoms with Gasteiger partial charge in [0.25, 0.3) is 0 Å². The first-order chi connectivity index (χ1) is 17.1. The molecule has 1 aliphatic heterocycles. The Morgan fingerprint density at radius 3 is 2.56 bits per heavy atom. The molecule has 2 aliphatic rings. The number of carbonyl (C=O) groups excluding carboxylic acids is 1. The van der Waals surface area contributed by atoms with Gasteiger partial charge in [0.2, 0.25) is 0 Å². The summed E-state index contributed by atoms with van der Waals surface area (Å²) in [6, 6.07) is 9.37. The molecule has 1 unspecified atom stereocenters. The average Bonchev–Trinajstić information content (AvgIpc) is 3.05. The average molecular weight is 498 g/mol. The van der Waals surface area contributed by atoms with Gasteiger partial charge in [-0.05, 0) is 65.8 Å². The van der Waals surface area contributed by atoms with Crippen LogP contribution < -0.4 is 4.74 Å². The minimum absolute atomic E-state index is 0.0160. The molecule has 2 aromatic rings. The number of hydrogen-bond donors (Lipinski definition) is 0. The van der Waals surface area contributed by atoms with Gasteiger partial charge in [-0.3, -0.25) is 4.90 Å². The van der Waals surface area contributed by atoms with Crippen LogP contribution >= 0.6 is 0 Å². The zero-order valence-electron chi connectivity index (χ0n) is 20.9. The van der Waals surface area contributed by atoms with Crippen LogP contribution in [0.5, 0.6) is 5.75 Å². The summed E-state index contributed by atoms with van der Waals surface area (Å²) in [4.78, 5) is 14.2. The van der Waals surface area contributed by atoms with Gasteiger partial charge in [0, 0.05) is 12.1 Å². The number of halogens is 3. The predicted octanol–water partition coefficient (Wildman–Crippen LogP) is 7.66. The van der Waals surface area contributed by atoms with Crippen molar-refractivity contribution < 1.29 is 27.4 Å². The van der Waals surface area contributed by atoms with Crippen molar-refractivity contribution in [2.75, 3.05) is 13.7 Å². The van der Waals surface area contributed by atoms with Gasteiger partial charge in [-0.1, -0.05) is 55.9 Å². The van der Waals surface area contributed by atoms with Crippen LogP contribution in [-0.4, -0.2) is 30.8 Å². The third kappa shape index (κ3) is 5.50. The highest BCUT2D eigenvalue weighted by Crippen LogP contribution is 2.39. The van der Waals surface area contributed by atoms with Crippen LogP contribution in [0.2, 0.25) is 0 Å². The van der Waals surface area contributed by atoms with Crippen molar-refractivity contribution in [3.63, 3.8) is 0 Å². The number of benzene rings is 2. The molecule has 0 N–H and O–H groups in total. The van der Waals surface area contributed by atoms with Crippen molar-refractivity contribution in [1.82, 2.24) is 4.90 Å². The topological polar surface area (TPSA) is 38.8 Å². The number of alkyl halides is 3. The third-order valence-corrected chi connectivity index (χ3v) is 6.57. The fraction of sp³-hybridized carbons (Fsp3) is 0.345.